The first kappa shape index (κ1) is 14.9. The van der Waals surface area contributed by atoms with E-state index in [0.29, 0.717) is 28.6 Å². The summed E-state index contributed by atoms with van der Waals surface area (Å²) in [6.45, 7) is 2.03. The Kier molecular flexibility index (Phi) is 5.10. The van der Waals surface area contributed by atoms with Crippen LogP contribution >= 0.6 is 23.2 Å². The molecule has 0 aliphatic carbocycles. The first-order valence-electron chi connectivity index (χ1n) is 6.41. The van der Waals surface area contributed by atoms with Crippen molar-refractivity contribution >= 4 is 34.8 Å². The van der Waals surface area contributed by atoms with Crippen molar-refractivity contribution in [3.63, 3.8) is 0 Å². The molecule has 2 aromatic rings. The number of rotatable bonds is 5. The van der Waals surface area contributed by atoms with E-state index in [9.17, 15) is 4.79 Å². The topological polar surface area (TPSA) is 42.2 Å². The standard InChI is InChI=1S/C15H15Cl2NO2/c1-2-11-4-5-12(20-11)6-8-15(19)18-14-7-3-10(16)9-13(14)17/h3-5,7,9H,2,6,8H2,1H3,(H,18,19). The third-order valence-corrected chi connectivity index (χ3v) is 3.42. The van der Waals surface area contributed by atoms with Crippen molar-refractivity contribution in [3.05, 3.63) is 51.9 Å². The number of benzene rings is 1. The molecule has 106 valence electrons. The zero-order valence-corrected chi connectivity index (χ0v) is 12.6. The zero-order chi connectivity index (χ0) is 14.5. The fraction of sp³-hybridized carbons (Fsp3) is 0.267. The Morgan fingerprint density at radius 2 is 1.95 bits per heavy atom. The van der Waals surface area contributed by atoms with Crippen LogP contribution in [0.25, 0.3) is 0 Å². The highest BCUT2D eigenvalue weighted by Crippen LogP contribution is 2.25. The Morgan fingerprint density at radius 3 is 2.60 bits per heavy atom. The van der Waals surface area contributed by atoms with Gasteiger partial charge in [-0.15, -0.1) is 0 Å². The summed E-state index contributed by atoms with van der Waals surface area (Å²) < 4.78 is 5.55. The average molecular weight is 312 g/mol. The summed E-state index contributed by atoms with van der Waals surface area (Å²) in [5.74, 6) is 1.64. The molecule has 1 N–H and O–H groups in total. The smallest absolute Gasteiger partial charge is 0.224 e. The van der Waals surface area contributed by atoms with Crippen molar-refractivity contribution in [2.45, 2.75) is 26.2 Å². The van der Waals surface area contributed by atoms with Gasteiger partial charge in [-0.05, 0) is 30.3 Å². The minimum absolute atomic E-state index is 0.108. The number of aryl methyl sites for hydroxylation is 2. The molecular weight excluding hydrogens is 297 g/mol. The van der Waals surface area contributed by atoms with Gasteiger partial charge in [0.2, 0.25) is 5.91 Å². The molecule has 5 heteroatoms. The van der Waals surface area contributed by atoms with E-state index >= 15 is 0 Å². The Balaban J connectivity index is 1.89. The number of carbonyl (C=O) groups excluding carboxylic acids is 1. The molecule has 3 nitrogen and oxygen atoms in total. The van der Waals surface area contributed by atoms with E-state index < -0.39 is 0 Å². The van der Waals surface area contributed by atoms with Gasteiger partial charge >= 0.3 is 0 Å². The second-order valence-corrected chi connectivity index (χ2v) is 5.24. The van der Waals surface area contributed by atoms with Crippen LogP contribution in [-0.4, -0.2) is 5.91 Å². The second kappa shape index (κ2) is 6.82. The van der Waals surface area contributed by atoms with Crippen LogP contribution in [0.1, 0.15) is 24.9 Å². The molecule has 0 radical (unpaired) electrons. The van der Waals surface area contributed by atoms with Crippen molar-refractivity contribution < 1.29 is 9.21 Å². The summed E-state index contributed by atoms with van der Waals surface area (Å²) in [7, 11) is 0. The SMILES string of the molecule is CCc1ccc(CCC(=O)Nc2ccc(Cl)cc2Cl)o1. The van der Waals surface area contributed by atoms with Crippen molar-refractivity contribution in [2.24, 2.45) is 0 Å². The average Bonchev–Trinajstić information content (AvgIpc) is 2.88. The normalized spacial score (nSPS) is 10.6. The maximum Gasteiger partial charge on any atom is 0.224 e. The lowest BCUT2D eigenvalue weighted by Crippen LogP contribution is -2.12. The Hall–Kier alpha value is -1.45. The van der Waals surface area contributed by atoms with E-state index in [-0.39, 0.29) is 5.91 Å². The number of furan rings is 1. The van der Waals surface area contributed by atoms with Crippen molar-refractivity contribution in [3.8, 4) is 0 Å². The molecule has 0 aliphatic rings. The van der Waals surface area contributed by atoms with Gasteiger partial charge in [-0.2, -0.15) is 0 Å². The van der Waals surface area contributed by atoms with Crippen LogP contribution in [0.5, 0.6) is 0 Å². The van der Waals surface area contributed by atoms with E-state index in [1.807, 2.05) is 19.1 Å². The summed E-state index contributed by atoms with van der Waals surface area (Å²) >= 11 is 11.8. The van der Waals surface area contributed by atoms with Crippen LogP contribution in [0.2, 0.25) is 10.0 Å². The number of hydrogen-bond donors (Lipinski definition) is 1. The highest BCUT2D eigenvalue weighted by molar-refractivity contribution is 6.36. The molecule has 1 aromatic heterocycles. The summed E-state index contributed by atoms with van der Waals surface area (Å²) in [6, 6.07) is 8.80. The molecule has 1 heterocycles. The Labute approximate surface area is 127 Å². The largest absolute Gasteiger partial charge is 0.466 e. The first-order valence-corrected chi connectivity index (χ1v) is 7.16. The molecule has 0 bridgehead atoms. The Morgan fingerprint density at radius 1 is 1.20 bits per heavy atom. The summed E-state index contributed by atoms with van der Waals surface area (Å²) in [5.41, 5.74) is 0.565. The second-order valence-electron chi connectivity index (χ2n) is 4.39. The molecule has 0 aliphatic heterocycles. The van der Waals surface area contributed by atoms with Gasteiger partial charge in [0.15, 0.2) is 0 Å². The highest BCUT2D eigenvalue weighted by Gasteiger charge is 2.08. The lowest BCUT2D eigenvalue weighted by atomic mass is 10.2. The molecule has 1 aromatic carbocycles. The van der Waals surface area contributed by atoms with Crippen LogP contribution in [0.4, 0.5) is 5.69 Å². The van der Waals surface area contributed by atoms with Gasteiger partial charge in [-0.3, -0.25) is 4.79 Å². The van der Waals surface area contributed by atoms with E-state index in [1.54, 1.807) is 18.2 Å². The summed E-state index contributed by atoms with van der Waals surface area (Å²) in [5, 5.41) is 3.72. The van der Waals surface area contributed by atoms with E-state index in [4.69, 9.17) is 27.6 Å². The molecule has 20 heavy (non-hydrogen) atoms. The molecule has 0 unspecified atom stereocenters. The number of carbonyl (C=O) groups is 1. The molecule has 0 atom stereocenters. The maximum atomic E-state index is 11.9. The van der Waals surface area contributed by atoms with Crippen LogP contribution in [-0.2, 0) is 17.6 Å². The van der Waals surface area contributed by atoms with Crippen molar-refractivity contribution in [1.29, 1.82) is 0 Å². The van der Waals surface area contributed by atoms with Crippen molar-refractivity contribution in [1.82, 2.24) is 0 Å². The molecule has 0 spiro atoms. The van der Waals surface area contributed by atoms with Crippen LogP contribution < -0.4 is 5.32 Å². The van der Waals surface area contributed by atoms with Gasteiger partial charge in [0.25, 0.3) is 0 Å². The number of hydrogen-bond acceptors (Lipinski definition) is 2. The molecule has 2 rings (SSSR count). The van der Waals surface area contributed by atoms with Gasteiger partial charge < -0.3 is 9.73 Å². The van der Waals surface area contributed by atoms with E-state index in [1.165, 1.54) is 0 Å². The predicted molar refractivity (Wildman–Crippen MR) is 81.5 cm³/mol. The minimum Gasteiger partial charge on any atom is -0.466 e. The minimum atomic E-state index is -0.108. The quantitative estimate of drug-likeness (QED) is 0.868. The van der Waals surface area contributed by atoms with Gasteiger partial charge in [0, 0.05) is 24.3 Å². The third kappa shape index (κ3) is 4.02. The predicted octanol–water partition coefficient (Wildman–Crippen LogP) is 4.72. The van der Waals surface area contributed by atoms with Gasteiger partial charge in [0.05, 0.1) is 10.7 Å². The fourth-order valence-corrected chi connectivity index (χ4v) is 2.24. The van der Waals surface area contributed by atoms with Crippen LogP contribution in [0, 0.1) is 0 Å². The number of amides is 1. The maximum absolute atomic E-state index is 11.9. The lowest BCUT2D eigenvalue weighted by molar-refractivity contribution is -0.116. The molecule has 0 fully saturated rings. The Bertz CT molecular complexity index is 608. The van der Waals surface area contributed by atoms with E-state index in [2.05, 4.69) is 5.32 Å². The number of nitrogens with one attached hydrogen (secondary N) is 1. The van der Waals surface area contributed by atoms with Crippen LogP contribution in [0.3, 0.4) is 0 Å². The van der Waals surface area contributed by atoms with E-state index in [0.717, 1.165) is 17.9 Å². The van der Waals surface area contributed by atoms with Gasteiger partial charge in [0.1, 0.15) is 11.5 Å². The lowest BCUT2D eigenvalue weighted by Gasteiger charge is -2.06. The number of halogens is 2. The van der Waals surface area contributed by atoms with Gasteiger partial charge in [-0.1, -0.05) is 30.1 Å². The third-order valence-electron chi connectivity index (χ3n) is 2.87. The van der Waals surface area contributed by atoms with Crippen LogP contribution in [0.15, 0.2) is 34.7 Å². The highest BCUT2D eigenvalue weighted by atomic mass is 35.5. The monoisotopic (exact) mass is 311 g/mol. The molecule has 0 saturated heterocycles. The molecule has 1 amide bonds. The van der Waals surface area contributed by atoms with Crippen molar-refractivity contribution in [2.75, 3.05) is 5.32 Å². The summed E-state index contributed by atoms with van der Waals surface area (Å²) in [4.78, 5) is 11.9. The molecule has 0 saturated carbocycles. The first-order chi connectivity index (χ1) is 9.58. The molecular formula is C15H15Cl2NO2. The van der Waals surface area contributed by atoms with Gasteiger partial charge in [-0.25, -0.2) is 0 Å². The summed E-state index contributed by atoms with van der Waals surface area (Å²) in [6.07, 6.45) is 1.76. The number of anilines is 1. The zero-order valence-electron chi connectivity index (χ0n) is 11.1. The fourth-order valence-electron chi connectivity index (χ4n) is 1.79.